The van der Waals surface area contributed by atoms with Crippen molar-refractivity contribution in [3.8, 4) is 0 Å². The Hall–Kier alpha value is -1.31. The van der Waals surface area contributed by atoms with Gasteiger partial charge in [0.05, 0.1) is 19.6 Å². The largest absolute Gasteiger partial charge is 0.469 e. The predicted molar refractivity (Wildman–Crippen MR) is 66.7 cm³/mol. The molecule has 0 aromatic heterocycles. The first kappa shape index (κ1) is 18.7. The molecule has 0 aromatic carbocycles. The van der Waals surface area contributed by atoms with Gasteiger partial charge in [0.15, 0.2) is 0 Å². The SMILES string of the molecule is COC(=O)CCN(CC(F)(F)F)C(=O)[C@H](N)C(C)(C)C. The molecular weight excluding hydrogens is 277 g/mol. The van der Waals surface area contributed by atoms with Crippen LogP contribution in [0, 0.1) is 5.41 Å². The van der Waals surface area contributed by atoms with Gasteiger partial charge in [0.2, 0.25) is 5.91 Å². The van der Waals surface area contributed by atoms with Crippen LogP contribution in [0.2, 0.25) is 0 Å². The maximum atomic E-state index is 12.5. The molecule has 0 saturated heterocycles. The van der Waals surface area contributed by atoms with Crippen molar-refractivity contribution in [1.82, 2.24) is 4.90 Å². The van der Waals surface area contributed by atoms with E-state index in [-0.39, 0.29) is 13.0 Å². The number of hydrogen-bond acceptors (Lipinski definition) is 4. The molecule has 118 valence electrons. The molecule has 0 aliphatic carbocycles. The molecule has 2 N–H and O–H groups in total. The Labute approximate surface area is 116 Å². The van der Waals surface area contributed by atoms with E-state index in [2.05, 4.69) is 4.74 Å². The lowest BCUT2D eigenvalue weighted by Gasteiger charge is -2.32. The van der Waals surface area contributed by atoms with Crippen LogP contribution in [0.3, 0.4) is 0 Å². The minimum atomic E-state index is -4.55. The highest BCUT2D eigenvalue weighted by Gasteiger charge is 2.37. The monoisotopic (exact) mass is 298 g/mol. The molecule has 0 spiro atoms. The van der Waals surface area contributed by atoms with Crippen molar-refractivity contribution in [2.75, 3.05) is 20.2 Å². The molecule has 0 aliphatic heterocycles. The summed E-state index contributed by atoms with van der Waals surface area (Å²) in [5, 5.41) is 0. The van der Waals surface area contributed by atoms with E-state index >= 15 is 0 Å². The molecule has 1 amide bonds. The van der Waals surface area contributed by atoms with Crippen LogP contribution in [-0.4, -0.2) is 49.2 Å². The number of carbonyl (C=O) groups excluding carboxylic acids is 2. The minimum Gasteiger partial charge on any atom is -0.469 e. The van der Waals surface area contributed by atoms with Crippen molar-refractivity contribution in [2.24, 2.45) is 11.1 Å². The summed E-state index contributed by atoms with van der Waals surface area (Å²) in [6.45, 7) is 3.15. The van der Waals surface area contributed by atoms with Gasteiger partial charge in [-0.05, 0) is 5.41 Å². The van der Waals surface area contributed by atoms with Crippen LogP contribution < -0.4 is 5.73 Å². The second kappa shape index (κ2) is 6.92. The van der Waals surface area contributed by atoms with Crippen LogP contribution in [0.15, 0.2) is 0 Å². The predicted octanol–water partition coefficient (Wildman–Crippen LogP) is 1.31. The quantitative estimate of drug-likeness (QED) is 0.777. The van der Waals surface area contributed by atoms with Gasteiger partial charge in [-0.1, -0.05) is 20.8 Å². The molecule has 0 radical (unpaired) electrons. The molecule has 0 aliphatic rings. The summed E-state index contributed by atoms with van der Waals surface area (Å²) in [5.41, 5.74) is 5.00. The van der Waals surface area contributed by atoms with Gasteiger partial charge in [0.1, 0.15) is 6.54 Å². The number of esters is 1. The highest BCUT2D eigenvalue weighted by molar-refractivity contribution is 5.83. The molecule has 0 heterocycles. The molecule has 5 nitrogen and oxygen atoms in total. The zero-order valence-corrected chi connectivity index (χ0v) is 12.1. The number of halogens is 3. The number of hydrogen-bond donors (Lipinski definition) is 1. The van der Waals surface area contributed by atoms with Gasteiger partial charge in [0, 0.05) is 6.54 Å². The fourth-order valence-electron chi connectivity index (χ4n) is 1.38. The molecular formula is C12H21F3N2O3. The highest BCUT2D eigenvalue weighted by atomic mass is 19.4. The molecule has 1 atom stereocenters. The number of carbonyl (C=O) groups is 2. The summed E-state index contributed by atoms with van der Waals surface area (Å²) in [7, 11) is 1.12. The van der Waals surface area contributed by atoms with Crippen LogP contribution in [-0.2, 0) is 14.3 Å². The average molecular weight is 298 g/mol. The lowest BCUT2D eigenvalue weighted by Crippen LogP contribution is -2.53. The topological polar surface area (TPSA) is 72.6 Å². The van der Waals surface area contributed by atoms with E-state index < -0.39 is 36.1 Å². The Morgan fingerprint density at radius 2 is 1.75 bits per heavy atom. The summed E-state index contributed by atoms with van der Waals surface area (Å²) in [6.07, 6.45) is -4.86. The van der Waals surface area contributed by atoms with E-state index in [1.807, 2.05) is 0 Å². The Kier molecular flexibility index (Phi) is 6.46. The van der Waals surface area contributed by atoms with Crippen molar-refractivity contribution in [2.45, 2.75) is 39.4 Å². The molecule has 0 rings (SSSR count). The second-order valence-electron chi connectivity index (χ2n) is 5.54. The second-order valence-corrected chi connectivity index (χ2v) is 5.54. The van der Waals surface area contributed by atoms with Crippen LogP contribution in [0.4, 0.5) is 13.2 Å². The van der Waals surface area contributed by atoms with Crippen LogP contribution >= 0.6 is 0 Å². The third-order valence-corrected chi connectivity index (χ3v) is 2.69. The molecule has 0 aromatic rings. The summed E-state index contributed by atoms with van der Waals surface area (Å²) in [4.78, 5) is 23.6. The van der Waals surface area contributed by atoms with E-state index in [1.165, 1.54) is 0 Å². The first-order chi connectivity index (χ1) is 8.88. The lowest BCUT2D eigenvalue weighted by atomic mass is 9.86. The van der Waals surface area contributed by atoms with E-state index in [1.54, 1.807) is 20.8 Å². The number of alkyl halides is 3. The standard InChI is InChI=1S/C12H21F3N2O3/c1-11(2,3)9(16)10(19)17(7-12(13,14)15)6-5-8(18)20-4/h9H,5-7,16H2,1-4H3/t9-/m0/s1. The minimum absolute atomic E-state index is 0.310. The smallest absolute Gasteiger partial charge is 0.406 e. The first-order valence-corrected chi connectivity index (χ1v) is 6.06. The van der Waals surface area contributed by atoms with Crippen molar-refractivity contribution in [3.05, 3.63) is 0 Å². The summed E-state index contributed by atoms with van der Waals surface area (Å²) >= 11 is 0. The van der Waals surface area contributed by atoms with E-state index in [4.69, 9.17) is 5.73 Å². The van der Waals surface area contributed by atoms with Crippen molar-refractivity contribution >= 4 is 11.9 Å². The van der Waals surface area contributed by atoms with Crippen molar-refractivity contribution < 1.29 is 27.5 Å². The zero-order valence-electron chi connectivity index (χ0n) is 12.1. The van der Waals surface area contributed by atoms with Gasteiger partial charge in [-0.25, -0.2) is 0 Å². The van der Waals surface area contributed by atoms with Crippen LogP contribution in [0.5, 0.6) is 0 Å². The van der Waals surface area contributed by atoms with E-state index in [9.17, 15) is 22.8 Å². The molecule has 0 fully saturated rings. The number of amides is 1. The normalized spacial score (nSPS) is 13.8. The lowest BCUT2D eigenvalue weighted by molar-refractivity contribution is -0.164. The number of ether oxygens (including phenoxy) is 1. The van der Waals surface area contributed by atoms with Gasteiger partial charge in [0.25, 0.3) is 0 Å². The van der Waals surface area contributed by atoms with Gasteiger partial charge in [-0.15, -0.1) is 0 Å². The fraction of sp³-hybridized carbons (Fsp3) is 0.833. The Morgan fingerprint density at radius 1 is 1.25 bits per heavy atom. The molecule has 0 unspecified atom stereocenters. The summed E-state index contributed by atoms with van der Waals surface area (Å²) in [6, 6.07) is -1.08. The molecule has 20 heavy (non-hydrogen) atoms. The maximum absolute atomic E-state index is 12.5. The third-order valence-electron chi connectivity index (χ3n) is 2.69. The average Bonchev–Trinajstić information content (AvgIpc) is 2.29. The van der Waals surface area contributed by atoms with Gasteiger partial charge >= 0.3 is 12.1 Å². The molecule has 0 saturated carbocycles. The van der Waals surface area contributed by atoms with Crippen molar-refractivity contribution in [3.63, 3.8) is 0 Å². The Bertz CT molecular complexity index is 351. The van der Waals surface area contributed by atoms with Gasteiger partial charge < -0.3 is 15.4 Å². The number of methoxy groups -OCH3 is 1. The first-order valence-electron chi connectivity index (χ1n) is 6.06. The van der Waals surface area contributed by atoms with Crippen molar-refractivity contribution in [1.29, 1.82) is 0 Å². The third kappa shape index (κ3) is 6.74. The fourth-order valence-corrected chi connectivity index (χ4v) is 1.38. The Morgan fingerprint density at radius 3 is 2.10 bits per heavy atom. The molecule has 8 heteroatoms. The maximum Gasteiger partial charge on any atom is 0.406 e. The number of rotatable bonds is 5. The van der Waals surface area contributed by atoms with Gasteiger partial charge in [-0.2, -0.15) is 13.2 Å². The van der Waals surface area contributed by atoms with E-state index in [0.717, 1.165) is 7.11 Å². The highest BCUT2D eigenvalue weighted by Crippen LogP contribution is 2.22. The van der Waals surface area contributed by atoms with Crippen LogP contribution in [0.1, 0.15) is 27.2 Å². The zero-order chi connectivity index (χ0) is 16.1. The molecule has 0 bridgehead atoms. The number of nitrogens with two attached hydrogens (primary N) is 1. The summed E-state index contributed by atoms with van der Waals surface area (Å²) < 4.78 is 41.8. The Balaban J connectivity index is 4.92. The summed E-state index contributed by atoms with van der Waals surface area (Å²) in [5.74, 6) is -1.52. The van der Waals surface area contributed by atoms with E-state index in [0.29, 0.717) is 4.90 Å². The van der Waals surface area contributed by atoms with Gasteiger partial charge in [-0.3, -0.25) is 9.59 Å². The number of nitrogens with zero attached hydrogens (tertiary/aromatic N) is 1. The van der Waals surface area contributed by atoms with Crippen LogP contribution in [0.25, 0.3) is 0 Å².